The summed E-state index contributed by atoms with van der Waals surface area (Å²) in [6.07, 6.45) is 2.02. The van der Waals surface area contributed by atoms with E-state index in [0.29, 0.717) is 0 Å². The van der Waals surface area contributed by atoms with E-state index in [4.69, 9.17) is 23.2 Å². The van der Waals surface area contributed by atoms with Crippen LogP contribution in [0, 0.1) is 0 Å². The van der Waals surface area contributed by atoms with E-state index in [9.17, 15) is 0 Å². The van der Waals surface area contributed by atoms with Crippen molar-refractivity contribution in [3.63, 3.8) is 0 Å². The monoisotopic (exact) mass is 252 g/mol. The van der Waals surface area contributed by atoms with Crippen LogP contribution in [-0.4, -0.2) is 0 Å². The molecule has 0 heterocycles. The highest BCUT2D eigenvalue weighted by Gasteiger charge is 2.10. The Labute approximate surface area is 106 Å². The van der Waals surface area contributed by atoms with Crippen LogP contribution in [0.25, 0.3) is 10.8 Å². The van der Waals surface area contributed by atoms with Gasteiger partial charge in [0.2, 0.25) is 0 Å². The Morgan fingerprint density at radius 3 is 2.19 bits per heavy atom. The van der Waals surface area contributed by atoms with Gasteiger partial charge in [-0.2, -0.15) is 0 Å². The van der Waals surface area contributed by atoms with Crippen molar-refractivity contribution in [2.24, 2.45) is 0 Å². The van der Waals surface area contributed by atoms with Crippen LogP contribution >= 0.6 is 23.2 Å². The summed E-state index contributed by atoms with van der Waals surface area (Å²) in [5.41, 5.74) is 2.69. The molecular weight excluding hydrogens is 239 g/mol. The molecule has 0 atom stereocenters. The molecule has 0 spiro atoms. The maximum Gasteiger partial charge on any atom is 0.0488 e. The number of aryl methyl sites for hydroxylation is 2. The highest BCUT2D eigenvalue weighted by molar-refractivity contribution is 6.40. The Morgan fingerprint density at radius 1 is 0.875 bits per heavy atom. The summed E-state index contributed by atoms with van der Waals surface area (Å²) in [6.45, 7) is 4.32. The van der Waals surface area contributed by atoms with Crippen LogP contribution in [0.15, 0.2) is 24.3 Å². The SMILES string of the molecule is CCc1ccc2c(Cl)ccc(Cl)c2c1CC. The molecule has 0 saturated heterocycles. The molecule has 0 aliphatic rings. The van der Waals surface area contributed by atoms with E-state index < -0.39 is 0 Å². The van der Waals surface area contributed by atoms with Crippen molar-refractivity contribution in [2.45, 2.75) is 26.7 Å². The zero-order valence-corrected chi connectivity index (χ0v) is 11.0. The van der Waals surface area contributed by atoms with Crippen LogP contribution in [0.1, 0.15) is 25.0 Å². The normalized spacial score (nSPS) is 11.0. The molecule has 0 saturated carbocycles. The van der Waals surface area contributed by atoms with Gasteiger partial charge in [0.15, 0.2) is 0 Å². The molecule has 2 heteroatoms. The molecule has 0 aliphatic carbocycles. The second-order valence-electron chi connectivity index (χ2n) is 3.86. The molecule has 0 aromatic heterocycles. The van der Waals surface area contributed by atoms with Gasteiger partial charge in [-0.15, -0.1) is 0 Å². The molecule has 2 aromatic rings. The second kappa shape index (κ2) is 4.65. The fraction of sp³-hybridized carbons (Fsp3) is 0.286. The number of hydrogen-bond donors (Lipinski definition) is 0. The van der Waals surface area contributed by atoms with E-state index in [1.54, 1.807) is 0 Å². The van der Waals surface area contributed by atoms with Crippen LogP contribution < -0.4 is 0 Å². The Balaban J connectivity index is 2.91. The number of benzene rings is 2. The summed E-state index contributed by atoms with van der Waals surface area (Å²) in [6, 6.07) is 7.97. The van der Waals surface area contributed by atoms with Gasteiger partial charge in [-0.05, 0) is 36.1 Å². The summed E-state index contributed by atoms with van der Waals surface area (Å²) in [7, 11) is 0. The summed E-state index contributed by atoms with van der Waals surface area (Å²) in [5, 5.41) is 3.75. The molecule has 0 unspecified atom stereocenters. The minimum atomic E-state index is 0.775. The third-order valence-corrected chi connectivity index (χ3v) is 3.66. The van der Waals surface area contributed by atoms with Crippen molar-refractivity contribution in [1.29, 1.82) is 0 Å². The lowest BCUT2D eigenvalue weighted by Crippen LogP contribution is -1.93. The molecule has 2 aromatic carbocycles. The zero-order chi connectivity index (χ0) is 11.7. The first-order valence-electron chi connectivity index (χ1n) is 5.57. The van der Waals surface area contributed by atoms with Crippen LogP contribution in [-0.2, 0) is 12.8 Å². The van der Waals surface area contributed by atoms with Crippen LogP contribution in [0.4, 0.5) is 0 Å². The summed E-state index contributed by atoms with van der Waals surface area (Å²) in [5.74, 6) is 0. The van der Waals surface area contributed by atoms with Gasteiger partial charge in [0.1, 0.15) is 0 Å². The summed E-state index contributed by atoms with van der Waals surface area (Å²) < 4.78 is 0. The third kappa shape index (κ3) is 1.81. The van der Waals surface area contributed by atoms with Gasteiger partial charge in [-0.3, -0.25) is 0 Å². The largest absolute Gasteiger partial charge is 0.0837 e. The minimum Gasteiger partial charge on any atom is -0.0837 e. The fourth-order valence-corrected chi connectivity index (χ4v) is 2.72. The Morgan fingerprint density at radius 2 is 1.56 bits per heavy atom. The third-order valence-electron chi connectivity index (χ3n) is 3.02. The van der Waals surface area contributed by atoms with Crippen molar-refractivity contribution in [3.05, 3.63) is 45.4 Å². The van der Waals surface area contributed by atoms with E-state index in [1.165, 1.54) is 11.1 Å². The number of rotatable bonds is 2. The van der Waals surface area contributed by atoms with E-state index in [2.05, 4.69) is 26.0 Å². The van der Waals surface area contributed by atoms with Gasteiger partial charge in [-0.1, -0.05) is 49.2 Å². The van der Waals surface area contributed by atoms with Crippen molar-refractivity contribution < 1.29 is 0 Å². The predicted octanol–water partition coefficient (Wildman–Crippen LogP) is 5.27. The first-order valence-corrected chi connectivity index (χ1v) is 6.33. The first kappa shape index (κ1) is 11.8. The molecule has 0 radical (unpaired) electrons. The van der Waals surface area contributed by atoms with Crippen molar-refractivity contribution in [2.75, 3.05) is 0 Å². The topological polar surface area (TPSA) is 0 Å². The maximum absolute atomic E-state index is 6.28. The number of halogens is 2. The number of fused-ring (bicyclic) bond motifs is 1. The van der Waals surface area contributed by atoms with E-state index >= 15 is 0 Å². The Hall–Kier alpha value is -0.720. The number of hydrogen-bond acceptors (Lipinski definition) is 0. The lowest BCUT2D eigenvalue weighted by atomic mass is 9.95. The molecule has 0 amide bonds. The Kier molecular flexibility index (Phi) is 3.41. The maximum atomic E-state index is 6.28. The standard InChI is InChI=1S/C14H14Cl2/c1-3-9-5-6-11-12(15)7-8-13(16)14(11)10(9)4-2/h5-8H,3-4H2,1-2H3. The molecular formula is C14H14Cl2. The summed E-state index contributed by atoms with van der Waals surface area (Å²) >= 11 is 12.5. The molecule has 16 heavy (non-hydrogen) atoms. The smallest absolute Gasteiger partial charge is 0.0488 e. The summed E-state index contributed by atoms with van der Waals surface area (Å²) in [4.78, 5) is 0. The van der Waals surface area contributed by atoms with Crippen LogP contribution in [0.3, 0.4) is 0 Å². The van der Waals surface area contributed by atoms with Gasteiger partial charge in [0.05, 0.1) is 0 Å². The molecule has 2 rings (SSSR count). The Bertz CT molecular complexity index is 530. The molecule has 0 fully saturated rings. The second-order valence-corrected chi connectivity index (χ2v) is 4.68. The van der Waals surface area contributed by atoms with Gasteiger partial charge < -0.3 is 0 Å². The van der Waals surface area contributed by atoms with Crippen molar-refractivity contribution in [3.8, 4) is 0 Å². The van der Waals surface area contributed by atoms with Crippen molar-refractivity contribution in [1.82, 2.24) is 0 Å². The van der Waals surface area contributed by atoms with Gasteiger partial charge in [-0.25, -0.2) is 0 Å². The fourth-order valence-electron chi connectivity index (χ4n) is 2.22. The molecule has 0 aliphatic heterocycles. The van der Waals surface area contributed by atoms with Gasteiger partial charge >= 0.3 is 0 Å². The van der Waals surface area contributed by atoms with E-state index in [1.807, 2.05) is 12.1 Å². The minimum absolute atomic E-state index is 0.775. The van der Waals surface area contributed by atoms with Crippen molar-refractivity contribution >= 4 is 34.0 Å². The zero-order valence-electron chi connectivity index (χ0n) is 9.48. The van der Waals surface area contributed by atoms with E-state index in [0.717, 1.165) is 33.7 Å². The van der Waals surface area contributed by atoms with Crippen LogP contribution in [0.5, 0.6) is 0 Å². The van der Waals surface area contributed by atoms with Crippen LogP contribution in [0.2, 0.25) is 10.0 Å². The predicted molar refractivity (Wildman–Crippen MR) is 72.7 cm³/mol. The van der Waals surface area contributed by atoms with Gasteiger partial charge in [0, 0.05) is 20.8 Å². The molecule has 0 nitrogen and oxygen atoms in total. The molecule has 84 valence electrons. The molecule has 0 N–H and O–H groups in total. The lowest BCUT2D eigenvalue weighted by molar-refractivity contribution is 1.05. The average molecular weight is 253 g/mol. The van der Waals surface area contributed by atoms with E-state index in [-0.39, 0.29) is 0 Å². The quantitative estimate of drug-likeness (QED) is 0.683. The highest BCUT2D eigenvalue weighted by atomic mass is 35.5. The lowest BCUT2D eigenvalue weighted by Gasteiger charge is -2.12. The average Bonchev–Trinajstić information content (AvgIpc) is 2.32. The van der Waals surface area contributed by atoms with Gasteiger partial charge in [0.25, 0.3) is 0 Å². The first-order chi connectivity index (χ1) is 7.69. The molecule has 0 bridgehead atoms. The highest BCUT2D eigenvalue weighted by Crippen LogP contribution is 2.34.